The fraction of sp³-hybridized carbons (Fsp3) is 0.296. The van der Waals surface area contributed by atoms with Crippen LogP contribution in [0.15, 0.2) is 67.0 Å². The average Bonchev–Trinajstić information content (AvgIpc) is 2.86. The quantitative estimate of drug-likeness (QED) is 0.529. The van der Waals surface area contributed by atoms with Crippen LogP contribution in [-0.2, 0) is 24.2 Å². The van der Waals surface area contributed by atoms with Crippen molar-refractivity contribution in [3.63, 3.8) is 0 Å². The van der Waals surface area contributed by atoms with Gasteiger partial charge in [-0.15, -0.1) is 0 Å². The molecule has 1 heterocycles. The average molecular weight is 444 g/mol. The summed E-state index contributed by atoms with van der Waals surface area (Å²) in [6.45, 7) is 2.27. The molecular weight excluding hydrogens is 414 g/mol. The molecule has 0 aliphatic heterocycles. The Balaban J connectivity index is 1.42. The number of nitrogens with zero attached hydrogens (tertiary/aromatic N) is 1. The zero-order valence-corrected chi connectivity index (χ0v) is 18.8. The van der Waals surface area contributed by atoms with E-state index in [2.05, 4.69) is 27.8 Å². The highest BCUT2D eigenvalue weighted by molar-refractivity contribution is 6.04. The summed E-state index contributed by atoms with van der Waals surface area (Å²) in [4.78, 5) is 29.8. The Labute approximate surface area is 194 Å². The van der Waals surface area contributed by atoms with Gasteiger partial charge in [-0.1, -0.05) is 31.2 Å². The highest BCUT2D eigenvalue weighted by atomic mass is 16.5. The molecule has 0 fully saturated rings. The number of aromatic nitrogens is 1. The Bertz CT molecular complexity index is 1110. The van der Waals surface area contributed by atoms with Gasteiger partial charge in [-0.2, -0.15) is 0 Å². The van der Waals surface area contributed by atoms with E-state index in [1.54, 1.807) is 36.7 Å². The van der Waals surface area contributed by atoms with Crippen LogP contribution < -0.4 is 15.4 Å². The van der Waals surface area contributed by atoms with Gasteiger partial charge in [0.15, 0.2) is 6.10 Å². The number of para-hydroxylation sites is 1. The first kappa shape index (κ1) is 22.5. The molecule has 0 bridgehead atoms. The number of benzene rings is 2. The first-order valence-electron chi connectivity index (χ1n) is 11.5. The standard InChI is InChI=1S/C27H29N3O3/c1-2-25(33-22-14-13-20-9-3-4-10-21(20)16-22)27(32)30-24-12-6-5-11-23(24)26(31)29-18-19-8-7-15-28-17-19/h5-8,11-17,25H,2-4,9-10,18H2,1H3,(H,29,31)(H,30,32)/t25-/m0/s1. The first-order valence-corrected chi connectivity index (χ1v) is 11.5. The predicted molar refractivity (Wildman–Crippen MR) is 128 cm³/mol. The third-order valence-electron chi connectivity index (χ3n) is 5.87. The second kappa shape index (κ2) is 10.8. The molecule has 3 aromatic rings. The highest BCUT2D eigenvalue weighted by Gasteiger charge is 2.22. The molecule has 0 unspecified atom stereocenters. The lowest BCUT2D eigenvalue weighted by atomic mass is 9.92. The smallest absolute Gasteiger partial charge is 0.265 e. The summed E-state index contributed by atoms with van der Waals surface area (Å²) < 4.78 is 6.05. The maximum atomic E-state index is 13.0. The minimum atomic E-state index is -0.654. The molecule has 0 spiro atoms. The van der Waals surface area contributed by atoms with Crippen LogP contribution in [0.5, 0.6) is 5.75 Å². The molecule has 2 amide bonds. The number of anilines is 1. The number of pyridine rings is 1. The summed E-state index contributed by atoms with van der Waals surface area (Å²) in [5.74, 6) is 0.168. The van der Waals surface area contributed by atoms with Crippen LogP contribution in [0.25, 0.3) is 0 Å². The summed E-state index contributed by atoms with van der Waals surface area (Å²) in [6.07, 6.45) is 7.82. The van der Waals surface area contributed by atoms with Gasteiger partial charge in [-0.3, -0.25) is 14.6 Å². The molecule has 0 saturated carbocycles. The molecule has 4 rings (SSSR count). The Hall–Kier alpha value is -3.67. The van der Waals surface area contributed by atoms with Gasteiger partial charge in [0.2, 0.25) is 0 Å². The van der Waals surface area contributed by atoms with Crippen molar-refractivity contribution in [3.05, 3.63) is 89.2 Å². The Morgan fingerprint density at radius 1 is 1.03 bits per heavy atom. The lowest BCUT2D eigenvalue weighted by Gasteiger charge is -2.21. The Morgan fingerprint density at radius 3 is 2.64 bits per heavy atom. The molecule has 1 aromatic heterocycles. The summed E-state index contributed by atoms with van der Waals surface area (Å²) in [7, 11) is 0. The lowest BCUT2D eigenvalue weighted by molar-refractivity contribution is -0.122. The van der Waals surface area contributed by atoms with Crippen LogP contribution in [-0.4, -0.2) is 22.9 Å². The van der Waals surface area contributed by atoms with Crippen LogP contribution in [0.3, 0.4) is 0 Å². The van der Waals surface area contributed by atoms with E-state index >= 15 is 0 Å². The van der Waals surface area contributed by atoms with Gasteiger partial charge in [-0.05, 0) is 79.1 Å². The Kier molecular flexibility index (Phi) is 7.35. The molecule has 1 atom stereocenters. The van der Waals surface area contributed by atoms with Crippen molar-refractivity contribution in [1.29, 1.82) is 0 Å². The van der Waals surface area contributed by atoms with Crippen molar-refractivity contribution >= 4 is 17.5 Å². The number of hydrogen-bond acceptors (Lipinski definition) is 4. The molecule has 0 radical (unpaired) electrons. The summed E-state index contributed by atoms with van der Waals surface area (Å²) >= 11 is 0. The lowest BCUT2D eigenvalue weighted by Crippen LogP contribution is -2.33. The van der Waals surface area contributed by atoms with E-state index < -0.39 is 6.10 Å². The zero-order valence-electron chi connectivity index (χ0n) is 18.8. The van der Waals surface area contributed by atoms with E-state index in [4.69, 9.17) is 4.74 Å². The number of rotatable bonds is 8. The van der Waals surface area contributed by atoms with E-state index in [0.717, 1.165) is 18.4 Å². The van der Waals surface area contributed by atoms with Crippen LogP contribution in [0.2, 0.25) is 0 Å². The number of nitrogens with one attached hydrogen (secondary N) is 2. The van der Waals surface area contributed by atoms with Crippen molar-refractivity contribution in [2.24, 2.45) is 0 Å². The van der Waals surface area contributed by atoms with Crippen molar-refractivity contribution in [2.45, 2.75) is 51.7 Å². The fourth-order valence-corrected chi connectivity index (χ4v) is 4.05. The first-order chi connectivity index (χ1) is 16.1. The largest absolute Gasteiger partial charge is 0.481 e. The highest BCUT2D eigenvalue weighted by Crippen LogP contribution is 2.26. The topological polar surface area (TPSA) is 80.3 Å². The van der Waals surface area contributed by atoms with Gasteiger partial charge in [0.25, 0.3) is 11.8 Å². The number of aryl methyl sites for hydroxylation is 2. The van der Waals surface area contributed by atoms with Crippen molar-refractivity contribution in [1.82, 2.24) is 10.3 Å². The molecule has 33 heavy (non-hydrogen) atoms. The van der Waals surface area contributed by atoms with E-state index in [9.17, 15) is 9.59 Å². The minimum Gasteiger partial charge on any atom is -0.481 e. The van der Waals surface area contributed by atoms with Gasteiger partial charge in [0, 0.05) is 18.9 Å². The normalized spacial score (nSPS) is 13.5. The van der Waals surface area contributed by atoms with Gasteiger partial charge < -0.3 is 15.4 Å². The molecule has 170 valence electrons. The number of hydrogen-bond donors (Lipinski definition) is 2. The molecule has 2 aromatic carbocycles. The van der Waals surface area contributed by atoms with Crippen LogP contribution in [0, 0.1) is 0 Å². The van der Waals surface area contributed by atoms with Crippen molar-refractivity contribution in [3.8, 4) is 5.75 Å². The third kappa shape index (κ3) is 5.77. The number of carbonyl (C=O) groups is 2. The van der Waals surface area contributed by atoms with E-state index in [0.29, 0.717) is 30.0 Å². The molecule has 1 aliphatic rings. The predicted octanol–water partition coefficient (Wildman–Crippen LogP) is 4.69. The second-order valence-corrected chi connectivity index (χ2v) is 8.23. The molecule has 2 N–H and O–H groups in total. The van der Waals surface area contributed by atoms with Crippen molar-refractivity contribution < 1.29 is 14.3 Å². The van der Waals surface area contributed by atoms with E-state index in [1.165, 1.54) is 24.0 Å². The Morgan fingerprint density at radius 2 is 1.85 bits per heavy atom. The van der Waals surface area contributed by atoms with E-state index in [-0.39, 0.29) is 11.8 Å². The van der Waals surface area contributed by atoms with Gasteiger partial charge >= 0.3 is 0 Å². The molecule has 1 aliphatic carbocycles. The number of ether oxygens (including phenoxy) is 1. The third-order valence-corrected chi connectivity index (χ3v) is 5.87. The summed E-state index contributed by atoms with van der Waals surface area (Å²) in [5, 5.41) is 5.77. The molecular formula is C27H29N3O3. The maximum absolute atomic E-state index is 13.0. The van der Waals surface area contributed by atoms with Gasteiger partial charge in [0.05, 0.1) is 11.3 Å². The number of fused-ring (bicyclic) bond motifs is 1. The summed E-state index contributed by atoms with van der Waals surface area (Å²) in [5.41, 5.74) is 4.44. The van der Waals surface area contributed by atoms with Gasteiger partial charge in [0.1, 0.15) is 5.75 Å². The maximum Gasteiger partial charge on any atom is 0.265 e. The zero-order chi connectivity index (χ0) is 23.0. The van der Waals surface area contributed by atoms with Crippen LogP contribution in [0.1, 0.15) is 53.2 Å². The van der Waals surface area contributed by atoms with E-state index in [1.807, 2.05) is 25.1 Å². The minimum absolute atomic E-state index is 0.265. The number of amides is 2. The second-order valence-electron chi connectivity index (χ2n) is 8.23. The molecule has 6 heteroatoms. The van der Waals surface area contributed by atoms with Gasteiger partial charge in [-0.25, -0.2) is 0 Å². The molecule has 0 saturated heterocycles. The summed E-state index contributed by atoms with van der Waals surface area (Å²) in [6, 6.07) is 16.8. The van der Waals surface area contributed by atoms with Crippen molar-refractivity contribution in [2.75, 3.05) is 5.32 Å². The number of carbonyl (C=O) groups excluding carboxylic acids is 2. The molecule has 6 nitrogen and oxygen atoms in total. The fourth-order valence-electron chi connectivity index (χ4n) is 4.05. The van der Waals surface area contributed by atoms with Crippen LogP contribution in [0.4, 0.5) is 5.69 Å². The SMILES string of the molecule is CC[C@H](Oc1ccc2c(c1)CCCC2)C(=O)Nc1ccccc1C(=O)NCc1cccnc1. The monoisotopic (exact) mass is 443 g/mol. The van der Waals surface area contributed by atoms with Crippen LogP contribution >= 0.6 is 0 Å².